The first kappa shape index (κ1) is 15.9. The highest BCUT2D eigenvalue weighted by molar-refractivity contribution is 7.14. The lowest BCUT2D eigenvalue weighted by atomic mass is 10.2. The van der Waals surface area contributed by atoms with Crippen LogP contribution in [0.15, 0.2) is 63.8 Å². The number of hydrogen-bond acceptors (Lipinski definition) is 6. The lowest BCUT2D eigenvalue weighted by Gasteiger charge is -2.01. The third-order valence-electron chi connectivity index (χ3n) is 3.53. The van der Waals surface area contributed by atoms with Gasteiger partial charge in [-0.25, -0.2) is 4.68 Å². The fourth-order valence-corrected chi connectivity index (χ4v) is 4.01. The average Bonchev–Trinajstić information content (AvgIpc) is 3.37. The van der Waals surface area contributed by atoms with E-state index in [-0.39, 0.29) is 6.79 Å². The van der Waals surface area contributed by atoms with Gasteiger partial charge in [0, 0.05) is 5.38 Å². The summed E-state index contributed by atoms with van der Waals surface area (Å²) in [5.74, 6) is 1.51. The summed E-state index contributed by atoms with van der Waals surface area (Å²) in [5, 5.41) is 8.78. The van der Waals surface area contributed by atoms with Crippen molar-refractivity contribution < 1.29 is 9.47 Å². The Morgan fingerprint density at radius 3 is 2.96 bits per heavy atom. The van der Waals surface area contributed by atoms with Crippen LogP contribution in [0.1, 0.15) is 5.56 Å². The fourth-order valence-electron chi connectivity index (χ4n) is 2.37. The molecule has 1 aliphatic heterocycles. The van der Waals surface area contributed by atoms with Crippen LogP contribution in [-0.2, 0) is 0 Å². The Morgan fingerprint density at radius 1 is 1.20 bits per heavy atom. The zero-order valence-electron chi connectivity index (χ0n) is 13.3. The van der Waals surface area contributed by atoms with Gasteiger partial charge in [0.15, 0.2) is 11.5 Å². The molecule has 0 spiro atoms. The van der Waals surface area contributed by atoms with Crippen molar-refractivity contribution in [1.82, 2.24) is 4.68 Å². The number of fused-ring (bicyclic) bond motifs is 1. The summed E-state index contributed by atoms with van der Waals surface area (Å²) in [7, 11) is 0. The Labute approximate surface area is 152 Å². The van der Waals surface area contributed by atoms with Gasteiger partial charge in [-0.15, -0.1) is 29.3 Å². The van der Waals surface area contributed by atoms with Crippen molar-refractivity contribution in [3.8, 4) is 22.1 Å². The van der Waals surface area contributed by atoms with Crippen LogP contribution in [0, 0.1) is 0 Å². The molecule has 25 heavy (non-hydrogen) atoms. The molecule has 0 radical (unpaired) electrons. The van der Waals surface area contributed by atoms with Gasteiger partial charge in [0.05, 0.1) is 23.3 Å². The third-order valence-corrected chi connectivity index (χ3v) is 5.28. The van der Waals surface area contributed by atoms with Gasteiger partial charge >= 0.3 is 0 Å². The third kappa shape index (κ3) is 3.29. The highest BCUT2D eigenvalue weighted by Gasteiger charge is 2.13. The minimum atomic E-state index is 0.266. The normalized spacial score (nSPS) is 13.7. The summed E-state index contributed by atoms with van der Waals surface area (Å²) < 4.78 is 12.6. The van der Waals surface area contributed by atoms with Crippen LogP contribution >= 0.6 is 22.7 Å². The molecule has 0 unspecified atom stereocenters. The van der Waals surface area contributed by atoms with E-state index in [1.54, 1.807) is 35.0 Å². The molecule has 5 nitrogen and oxygen atoms in total. The molecular weight excluding hydrogens is 354 g/mol. The quantitative estimate of drug-likeness (QED) is 0.505. The summed E-state index contributed by atoms with van der Waals surface area (Å²) in [6.45, 7) is 4.55. The van der Waals surface area contributed by atoms with Crippen molar-refractivity contribution in [2.75, 3.05) is 13.3 Å². The molecule has 1 aliphatic rings. The number of benzene rings is 1. The minimum Gasteiger partial charge on any atom is -0.454 e. The molecule has 0 amide bonds. The molecule has 0 N–H and O–H groups in total. The van der Waals surface area contributed by atoms with E-state index in [1.807, 2.05) is 28.9 Å². The second kappa shape index (κ2) is 7.08. The maximum atomic E-state index is 5.42. The molecule has 126 valence electrons. The molecule has 0 saturated carbocycles. The maximum absolute atomic E-state index is 5.42. The molecule has 0 aliphatic carbocycles. The van der Waals surface area contributed by atoms with Gasteiger partial charge in [-0.1, -0.05) is 12.1 Å². The first-order chi connectivity index (χ1) is 12.3. The van der Waals surface area contributed by atoms with Crippen LogP contribution in [0.5, 0.6) is 11.5 Å². The second-order valence-electron chi connectivity index (χ2n) is 5.18. The van der Waals surface area contributed by atoms with E-state index in [1.165, 1.54) is 0 Å². The number of nitrogens with zero attached hydrogens (tertiary/aromatic N) is 3. The van der Waals surface area contributed by atoms with E-state index < -0.39 is 0 Å². The van der Waals surface area contributed by atoms with Gasteiger partial charge in [0.25, 0.3) is 0 Å². The van der Waals surface area contributed by atoms with E-state index in [2.05, 4.69) is 33.5 Å². The van der Waals surface area contributed by atoms with Crippen molar-refractivity contribution in [3.05, 3.63) is 64.1 Å². The van der Waals surface area contributed by atoms with Crippen molar-refractivity contribution in [2.24, 2.45) is 10.1 Å². The molecular formula is C18H15N3O2S2. The van der Waals surface area contributed by atoms with Crippen LogP contribution in [0.4, 0.5) is 0 Å². The van der Waals surface area contributed by atoms with Gasteiger partial charge in [0.1, 0.15) is 0 Å². The number of thiophene rings is 1. The van der Waals surface area contributed by atoms with Crippen LogP contribution in [0.3, 0.4) is 0 Å². The van der Waals surface area contributed by atoms with Gasteiger partial charge in [-0.05, 0) is 35.2 Å². The van der Waals surface area contributed by atoms with Crippen LogP contribution in [-0.4, -0.2) is 24.2 Å². The zero-order chi connectivity index (χ0) is 17.1. The molecule has 4 rings (SSSR count). The summed E-state index contributed by atoms with van der Waals surface area (Å²) in [6, 6.07) is 9.88. The number of ether oxygens (including phenoxy) is 2. The Morgan fingerprint density at radius 2 is 2.12 bits per heavy atom. The van der Waals surface area contributed by atoms with Gasteiger partial charge in [-0.3, -0.25) is 4.99 Å². The monoisotopic (exact) mass is 369 g/mol. The number of aromatic nitrogens is 1. The molecule has 0 saturated heterocycles. The molecule has 3 heterocycles. The smallest absolute Gasteiger partial charge is 0.231 e. The Bertz CT molecular complexity index is 984. The molecule has 7 heteroatoms. The summed E-state index contributed by atoms with van der Waals surface area (Å²) in [5.41, 5.74) is 1.97. The topological polar surface area (TPSA) is 48.1 Å². The molecule has 0 bridgehead atoms. The van der Waals surface area contributed by atoms with Crippen molar-refractivity contribution in [3.63, 3.8) is 0 Å². The largest absolute Gasteiger partial charge is 0.454 e. The molecule has 0 atom stereocenters. The fraction of sp³-hybridized carbons (Fsp3) is 0.111. The first-order valence-corrected chi connectivity index (χ1v) is 9.41. The minimum absolute atomic E-state index is 0.266. The van der Waals surface area contributed by atoms with Gasteiger partial charge in [-0.2, -0.15) is 5.10 Å². The summed E-state index contributed by atoms with van der Waals surface area (Å²) >= 11 is 3.25. The van der Waals surface area contributed by atoms with Gasteiger partial charge < -0.3 is 9.47 Å². The molecule has 3 aromatic rings. The first-order valence-electron chi connectivity index (χ1n) is 7.65. The Balaban J connectivity index is 1.73. The number of rotatable bonds is 5. The molecule has 0 fully saturated rings. The van der Waals surface area contributed by atoms with E-state index in [4.69, 9.17) is 9.47 Å². The highest BCUT2D eigenvalue weighted by Crippen LogP contribution is 2.32. The lowest BCUT2D eigenvalue weighted by molar-refractivity contribution is 0.174. The van der Waals surface area contributed by atoms with Crippen molar-refractivity contribution in [2.45, 2.75) is 0 Å². The Hall–Kier alpha value is -2.64. The number of thiazole rings is 1. The standard InChI is InChI=1S/C18H15N3O2S2/c1-2-7-19-18-21(14(11-25-18)17-4-3-8-24-17)20-10-13-5-6-15-16(9-13)23-12-22-15/h2-6,8-11H,1,7,12H2. The highest BCUT2D eigenvalue weighted by atomic mass is 32.1. The maximum Gasteiger partial charge on any atom is 0.231 e. The molecule has 2 aromatic heterocycles. The predicted octanol–water partition coefficient (Wildman–Crippen LogP) is 3.98. The van der Waals surface area contributed by atoms with Gasteiger partial charge in [0.2, 0.25) is 11.6 Å². The SMILES string of the molecule is C=CCN=c1scc(-c2cccs2)n1N=Cc1ccc2c(c1)OCO2. The van der Waals surface area contributed by atoms with E-state index in [0.717, 1.165) is 32.4 Å². The number of hydrogen-bond donors (Lipinski definition) is 0. The second-order valence-corrected chi connectivity index (χ2v) is 6.96. The van der Waals surface area contributed by atoms with E-state index >= 15 is 0 Å². The van der Waals surface area contributed by atoms with Crippen LogP contribution in [0.25, 0.3) is 10.6 Å². The summed E-state index contributed by atoms with van der Waals surface area (Å²) in [6.07, 6.45) is 3.58. The zero-order valence-corrected chi connectivity index (χ0v) is 14.9. The summed E-state index contributed by atoms with van der Waals surface area (Å²) in [4.78, 5) is 6.52. The van der Waals surface area contributed by atoms with E-state index in [0.29, 0.717) is 6.54 Å². The Kier molecular flexibility index (Phi) is 4.49. The van der Waals surface area contributed by atoms with Crippen LogP contribution in [0.2, 0.25) is 0 Å². The average molecular weight is 369 g/mol. The lowest BCUT2D eigenvalue weighted by Crippen LogP contribution is -2.12. The van der Waals surface area contributed by atoms with E-state index in [9.17, 15) is 0 Å². The predicted molar refractivity (Wildman–Crippen MR) is 102 cm³/mol. The van der Waals surface area contributed by atoms with Crippen LogP contribution < -0.4 is 14.3 Å². The van der Waals surface area contributed by atoms with Crippen molar-refractivity contribution in [1.29, 1.82) is 0 Å². The molecule has 1 aromatic carbocycles. The van der Waals surface area contributed by atoms with Crippen molar-refractivity contribution >= 4 is 28.9 Å².